The highest BCUT2D eigenvalue weighted by molar-refractivity contribution is 6.36. The van der Waals surface area contributed by atoms with Crippen molar-refractivity contribution in [2.75, 3.05) is 5.73 Å². The van der Waals surface area contributed by atoms with Crippen LogP contribution < -0.4 is 5.73 Å². The van der Waals surface area contributed by atoms with Crippen molar-refractivity contribution in [2.45, 2.75) is 38.3 Å². The molecule has 2 heterocycles. The number of rotatable bonds is 2. The van der Waals surface area contributed by atoms with Crippen LogP contribution in [-0.4, -0.2) is 20.8 Å². The topological polar surface area (TPSA) is 87.9 Å². The van der Waals surface area contributed by atoms with Crippen LogP contribution in [-0.2, 0) is 0 Å². The van der Waals surface area contributed by atoms with Crippen molar-refractivity contribution in [1.29, 1.82) is 5.26 Å². The maximum atomic E-state index is 9.97. The minimum atomic E-state index is -0.266. The predicted octanol–water partition coefficient (Wildman–Crippen LogP) is 4.20. The first-order chi connectivity index (χ1) is 12.5. The minimum absolute atomic E-state index is 0.223. The van der Waals surface area contributed by atoms with Gasteiger partial charge in [-0.2, -0.15) is 5.26 Å². The van der Waals surface area contributed by atoms with Crippen LogP contribution in [0.1, 0.15) is 36.4 Å². The number of aliphatic hydroxyl groups excluding tert-OH is 1. The number of aromatic nitrogens is 2. The molecule has 4 rings (SSSR count). The summed E-state index contributed by atoms with van der Waals surface area (Å²) >= 11 is 6.45. The Labute approximate surface area is 156 Å². The van der Waals surface area contributed by atoms with Gasteiger partial charge in [0.25, 0.3) is 0 Å². The number of nitrogens with two attached hydrogens (primary N) is 1. The molecule has 132 valence electrons. The Balaban J connectivity index is 2.01. The van der Waals surface area contributed by atoms with E-state index in [9.17, 15) is 10.4 Å². The quantitative estimate of drug-likeness (QED) is 0.711. The van der Waals surface area contributed by atoms with Crippen molar-refractivity contribution in [3.63, 3.8) is 0 Å². The molecule has 5 nitrogen and oxygen atoms in total. The number of anilines is 1. The van der Waals surface area contributed by atoms with Gasteiger partial charge in [-0.05, 0) is 43.9 Å². The third-order valence-corrected chi connectivity index (χ3v) is 5.69. The fourth-order valence-electron chi connectivity index (χ4n) is 3.87. The van der Waals surface area contributed by atoms with Gasteiger partial charge in [0.1, 0.15) is 0 Å². The molecular weight excluding hydrogens is 348 g/mol. The molecule has 0 spiro atoms. The molecule has 1 aliphatic rings. The molecule has 2 aromatic heterocycles. The van der Waals surface area contributed by atoms with E-state index in [-0.39, 0.29) is 12.1 Å². The molecule has 0 aliphatic heterocycles. The average molecular weight is 367 g/mol. The van der Waals surface area contributed by atoms with E-state index < -0.39 is 0 Å². The van der Waals surface area contributed by atoms with Crippen molar-refractivity contribution in [1.82, 2.24) is 9.55 Å². The molecule has 2 atom stereocenters. The molecule has 0 saturated heterocycles. The van der Waals surface area contributed by atoms with E-state index in [0.29, 0.717) is 16.3 Å². The third-order valence-electron chi connectivity index (χ3n) is 5.27. The summed E-state index contributed by atoms with van der Waals surface area (Å²) in [6, 6.07) is 6.42. The number of aliphatic hydroxyl groups is 1. The smallest absolute Gasteiger partial charge is 0.0994 e. The first-order valence-corrected chi connectivity index (χ1v) is 9.00. The fraction of sp³-hybridized carbons (Fsp3) is 0.300. The number of nitriles is 1. The van der Waals surface area contributed by atoms with Crippen LogP contribution in [0.2, 0.25) is 5.02 Å². The van der Waals surface area contributed by atoms with Crippen LogP contribution in [0.5, 0.6) is 0 Å². The van der Waals surface area contributed by atoms with Crippen LogP contribution in [0.15, 0.2) is 30.7 Å². The molecule has 26 heavy (non-hydrogen) atoms. The Bertz CT molecular complexity index is 1050. The van der Waals surface area contributed by atoms with E-state index in [2.05, 4.69) is 21.8 Å². The summed E-state index contributed by atoms with van der Waals surface area (Å²) in [5, 5.41) is 20.8. The Morgan fingerprint density at radius 2 is 2.12 bits per heavy atom. The Morgan fingerprint density at radius 3 is 2.81 bits per heavy atom. The lowest BCUT2D eigenvalue weighted by Crippen LogP contribution is -2.06. The molecule has 0 amide bonds. The second-order valence-corrected chi connectivity index (χ2v) is 7.34. The maximum absolute atomic E-state index is 9.97. The van der Waals surface area contributed by atoms with E-state index in [1.54, 1.807) is 6.20 Å². The minimum Gasteiger partial charge on any atom is -0.396 e. The second-order valence-electron chi connectivity index (χ2n) is 6.96. The van der Waals surface area contributed by atoms with Gasteiger partial charge in [-0.1, -0.05) is 11.6 Å². The van der Waals surface area contributed by atoms with E-state index in [1.165, 1.54) is 6.20 Å². The fourth-order valence-corrected chi connectivity index (χ4v) is 4.07. The number of nitrogen functional groups attached to an aromatic ring is 1. The molecule has 0 radical (unpaired) electrons. The summed E-state index contributed by atoms with van der Waals surface area (Å²) < 4.78 is 2.20. The molecule has 3 N–H and O–H groups in total. The van der Waals surface area contributed by atoms with Crippen LogP contribution in [0.25, 0.3) is 22.0 Å². The lowest BCUT2D eigenvalue weighted by Gasteiger charge is -2.14. The molecule has 3 aromatic rings. The van der Waals surface area contributed by atoms with Crippen LogP contribution in [0, 0.1) is 18.3 Å². The van der Waals surface area contributed by atoms with Gasteiger partial charge in [0.05, 0.1) is 34.6 Å². The summed E-state index contributed by atoms with van der Waals surface area (Å²) in [5.41, 5.74) is 10.6. The van der Waals surface area contributed by atoms with Gasteiger partial charge >= 0.3 is 0 Å². The lowest BCUT2D eigenvalue weighted by molar-refractivity contribution is 0.178. The number of nitrogens with zero attached hydrogens (tertiary/aromatic N) is 3. The first kappa shape index (κ1) is 16.9. The molecule has 1 aromatic carbocycles. The lowest BCUT2D eigenvalue weighted by atomic mass is 10.0. The summed E-state index contributed by atoms with van der Waals surface area (Å²) in [4.78, 5) is 4.18. The predicted molar refractivity (Wildman–Crippen MR) is 103 cm³/mol. The molecular formula is C20H19ClN4O. The van der Waals surface area contributed by atoms with Gasteiger partial charge in [-0.3, -0.25) is 4.98 Å². The molecule has 1 aliphatic carbocycles. The van der Waals surface area contributed by atoms with Gasteiger partial charge in [0, 0.05) is 40.5 Å². The van der Waals surface area contributed by atoms with E-state index in [4.69, 9.17) is 17.3 Å². The van der Waals surface area contributed by atoms with E-state index in [1.807, 2.05) is 19.1 Å². The highest BCUT2D eigenvalue weighted by Crippen LogP contribution is 2.41. The SMILES string of the molecule is Cc1cc2c(cc1C#N)c(-c1cncc(N)c1Cl)cn2[C@@H]1CC[C@@H](O)C1. The molecule has 0 unspecified atom stereocenters. The number of hydrogen-bond donors (Lipinski definition) is 2. The number of pyridine rings is 1. The summed E-state index contributed by atoms with van der Waals surface area (Å²) in [6.45, 7) is 1.94. The monoisotopic (exact) mass is 366 g/mol. The Hall–Kier alpha value is -2.55. The van der Waals surface area contributed by atoms with Crippen molar-refractivity contribution < 1.29 is 5.11 Å². The standard InChI is InChI=1S/C20H19ClN4O/c1-11-4-19-15(5-12(11)7-22)17(16-8-24-9-18(23)20(16)21)10-25(19)13-2-3-14(26)6-13/h4-5,8-10,13-14,26H,2-3,6,23H2,1H3/t13-,14-/m1/s1. The number of hydrogen-bond acceptors (Lipinski definition) is 4. The summed E-state index contributed by atoms with van der Waals surface area (Å²) in [6.07, 6.45) is 7.47. The summed E-state index contributed by atoms with van der Waals surface area (Å²) in [7, 11) is 0. The zero-order valence-corrected chi connectivity index (χ0v) is 15.2. The van der Waals surface area contributed by atoms with E-state index in [0.717, 1.165) is 46.9 Å². The first-order valence-electron chi connectivity index (χ1n) is 8.62. The van der Waals surface area contributed by atoms with Gasteiger partial charge in [0.15, 0.2) is 0 Å². The zero-order valence-electron chi connectivity index (χ0n) is 14.4. The van der Waals surface area contributed by atoms with Gasteiger partial charge in [-0.15, -0.1) is 0 Å². The molecule has 1 saturated carbocycles. The number of halogens is 1. The highest BCUT2D eigenvalue weighted by Gasteiger charge is 2.27. The van der Waals surface area contributed by atoms with Crippen molar-refractivity contribution in [3.05, 3.63) is 46.9 Å². The normalized spacial score (nSPS) is 19.8. The number of benzene rings is 1. The maximum Gasteiger partial charge on any atom is 0.0994 e. The largest absolute Gasteiger partial charge is 0.396 e. The third kappa shape index (κ3) is 2.63. The number of aryl methyl sites for hydroxylation is 1. The highest BCUT2D eigenvalue weighted by atomic mass is 35.5. The van der Waals surface area contributed by atoms with Gasteiger partial charge in [-0.25, -0.2) is 0 Å². The molecule has 6 heteroatoms. The van der Waals surface area contributed by atoms with E-state index >= 15 is 0 Å². The summed E-state index contributed by atoms with van der Waals surface area (Å²) in [5.74, 6) is 0. The average Bonchev–Trinajstić information content (AvgIpc) is 3.20. The van der Waals surface area contributed by atoms with Gasteiger partial charge in [0.2, 0.25) is 0 Å². The second kappa shape index (κ2) is 6.31. The zero-order chi connectivity index (χ0) is 18.4. The van der Waals surface area contributed by atoms with Crippen molar-refractivity contribution >= 4 is 28.2 Å². The van der Waals surface area contributed by atoms with Crippen molar-refractivity contribution in [3.8, 4) is 17.2 Å². The van der Waals surface area contributed by atoms with Gasteiger partial charge < -0.3 is 15.4 Å². The Morgan fingerprint density at radius 1 is 1.31 bits per heavy atom. The van der Waals surface area contributed by atoms with Crippen LogP contribution in [0.3, 0.4) is 0 Å². The van der Waals surface area contributed by atoms with Crippen LogP contribution in [0.4, 0.5) is 5.69 Å². The number of fused-ring (bicyclic) bond motifs is 1. The van der Waals surface area contributed by atoms with Crippen molar-refractivity contribution in [2.24, 2.45) is 0 Å². The van der Waals surface area contributed by atoms with Crippen LogP contribution >= 0.6 is 11.6 Å². The molecule has 1 fully saturated rings. The molecule has 0 bridgehead atoms. The Kier molecular flexibility index (Phi) is 4.10.